The molecule has 1 aliphatic carbocycles. The minimum absolute atomic E-state index is 0.371. The third-order valence-corrected chi connectivity index (χ3v) is 3.16. The van der Waals surface area contributed by atoms with Gasteiger partial charge < -0.3 is 4.74 Å². The Morgan fingerprint density at radius 3 is 3.19 bits per heavy atom. The summed E-state index contributed by atoms with van der Waals surface area (Å²) in [6, 6.07) is 6.16. The Balaban J connectivity index is 2.28. The monoisotopic (exact) mass is 217 g/mol. The van der Waals surface area contributed by atoms with Gasteiger partial charge in [0.15, 0.2) is 0 Å². The highest BCUT2D eigenvalue weighted by Crippen LogP contribution is 2.33. The predicted octanol–water partition coefficient (Wildman–Crippen LogP) is 2.45. The van der Waals surface area contributed by atoms with Crippen molar-refractivity contribution in [1.82, 2.24) is 0 Å². The van der Waals surface area contributed by atoms with Crippen LogP contribution in [0, 0.1) is 0 Å². The summed E-state index contributed by atoms with van der Waals surface area (Å²) < 4.78 is 5.21. The van der Waals surface area contributed by atoms with E-state index in [9.17, 15) is 4.79 Å². The number of hydrogen-bond acceptors (Lipinski definition) is 3. The molecule has 0 N–H and O–H groups in total. The molecule has 84 valence electrons. The van der Waals surface area contributed by atoms with Gasteiger partial charge >= 0.3 is 0 Å². The summed E-state index contributed by atoms with van der Waals surface area (Å²) >= 11 is 0. The largest absolute Gasteiger partial charge is 0.497 e. The molecule has 1 aliphatic rings. The first-order valence-corrected chi connectivity index (χ1v) is 5.55. The number of benzene rings is 1. The van der Waals surface area contributed by atoms with Crippen LogP contribution in [0.15, 0.2) is 23.2 Å². The summed E-state index contributed by atoms with van der Waals surface area (Å²) in [5, 5.41) is 0. The Morgan fingerprint density at radius 2 is 2.44 bits per heavy atom. The Labute approximate surface area is 95.2 Å². The van der Waals surface area contributed by atoms with Crippen molar-refractivity contribution >= 4 is 6.08 Å². The van der Waals surface area contributed by atoms with Crippen LogP contribution >= 0.6 is 0 Å². The number of fused-ring (bicyclic) bond motifs is 1. The maximum atomic E-state index is 10.1. The van der Waals surface area contributed by atoms with Gasteiger partial charge in [0.2, 0.25) is 6.08 Å². The fourth-order valence-electron chi connectivity index (χ4n) is 2.36. The molecule has 2 rings (SSSR count). The number of aryl methyl sites for hydroxylation is 1. The molecule has 0 aromatic heterocycles. The molecular formula is C13H15NO2. The third-order valence-electron chi connectivity index (χ3n) is 3.16. The van der Waals surface area contributed by atoms with Crippen LogP contribution in [-0.2, 0) is 11.2 Å². The number of rotatable bonds is 3. The lowest BCUT2D eigenvalue weighted by atomic mass is 9.83. The molecule has 0 heterocycles. The highest BCUT2D eigenvalue weighted by Gasteiger charge is 2.20. The SMILES string of the molecule is COc1ccc2c(c1)CCCC2CN=C=O. The van der Waals surface area contributed by atoms with Crippen molar-refractivity contribution in [2.24, 2.45) is 4.99 Å². The minimum Gasteiger partial charge on any atom is -0.497 e. The molecule has 1 unspecified atom stereocenters. The maximum Gasteiger partial charge on any atom is 0.234 e. The Morgan fingerprint density at radius 1 is 1.56 bits per heavy atom. The van der Waals surface area contributed by atoms with Crippen LogP contribution in [0.4, 0.5) is 0 Å². The van der Waals surface area contributed by atoms with E-state index in [0.29, 0.717) is 12.5 Å². The summed E-state index contributed by atoms with van der Waals surface area (Å²) in [5.41, 5.74) is 2.64. The van der Waals surface area contributed by atoms with Gasteiger partial charge in [-0.3, -0.25) is 0 Å². The molecule has 0 bridgehead atoms. The second-order valence-corrected chi connectivity index (χ2v) is 4.09. The van der Waals surface area contributed by atoms with Gasteiger partial charge in [-0.1, -0.05) is 6.07 Å². The number of aliphatic imine (C=N–C) groups is 1. The molecule has 16 heavy (non-hydrogen) atoms. The van der Waals surface area contributed by atoms with Gasteiger partial charge in [-0.05, 0) is 42.5 Å². The second-order valence-electron chi connectivity index (χ2n) is 4.09. The van der Waals surface area contributed by atoms with E-state index < -0.39 is 0 Å². The van der Waals surface area contributed by atoms with Crippen molar-refractivity contribution in [1.29, 1.82) is 0 Å². The minimum atomic E-state index is 0.371. The summed E-state index contributed by atoms with van der Waals surface area (Å²) in [5.74, 6) is 1.27. The summed E-state index contributed by atoms with van der Waals surface area (Å²) in [6.07, 6.45) is 4.96. The summed E-state index contributed by atoms with van der Waals surface area (Å²) in [6.45, 7) is 0.558. The van der Waals surface area contributed by atoms with Crippen molar-refractivity contribution in [2.45, 2.75) is 25.2 Å². The highest BCUT2D eigenvalue weighted by atomic mass is 16.5. The van der Waals surface area contributed by atoms with E-state index in [-0.39, 0.29) is 0 Å². The van der Waals surface area contributed by atoms with E-state index in [4.69, 9.17) is 4.74 Å². The smallest absolute Gasteiger partial charge is 0.234 e. The van der Waals surface area contributed by atoms with Crippen LogP contribution in [-0.4, -0.2) is 19.7 Å². The van der Waals surface area contributed by atoms with Crippen LogP contribution < -0.4 is 4.74 Å². The molecule has 0 spiro atoms. The molecule has 1 aromatic carbocycles. The number of nitrogens with zero attached hydrogens (tertiary/aromatic N) is 1. The maximum absolute atomic E-state index is 10.1. The molecule has 0 fully saturated rings. The Hall–Kier alpha value is -1.60. The highest BCUT2D eigenvalue weighted by molar-refractivity contribution is 5.40. The summed E-state index contributed by atoms with van der Waals surface area (Å²) in [7, 11) is 1.68. The average Bonchev–Trinajstić information content (AvgIpc) is 2.35. The normalized spacial score (nSPS) is 18.4. The van der Waals surface area contributed by atoms with E-state index in [0.717, 1.165) is 25.0 Å². The van der Waals surface area contributed by atoms with E-state index in [1.807, 2.05) is 6.07 Å². The van der Waals surface area contributed by atoms with Crippen molar-refractivity contribution in [3.63, 3.8) is 0 Å². The molecule has 0 amide bonds. The van der Waals surface area contributed by atoms with Gasteiger partial charge in [0.05, 0.1) is 13.7 Å². The fourth-order valence-corrected chi connectivity index (χ4v) is 2.36. The van der Waals surface area contributed by atoms with Crippen LogP contribution in [0.3, 0.4) is 0 Å². The first kappa shape index (κ1) is 10.9. The number of hydrogen-bond donors (Lipinski definition) is 0. The molecule has 3 heteroatoms. The van der Waals surface area contributed by atoms with Gasteiger partial charge in [-0.15, -0.1) is 0 Å². The van der Waals surface area contributed by atoms with Gasteiger partial charge in [-0.2, -0.15) is 0 Å². The van der Waals surface area contributed by atoms with Crippen LogP contribution in [0.2, 0.25) is 0 Å². The first-order valence-electron chi connectivity index (χ1n) is 5.55. The van der Waals surface area contributed by atoms with E-state index in [2.05, 4.69) is 17.1 Å². The van der Waals surface area contributed by atoms with Gasteiger partial charge in [0.1, 0.15) is 5.75 Å². The average molecular weight is 217 g/mol. The zero-order valence-corrected chi connectivity index (χ0v) is 9.40. The van der Waals surface area contributed by atoms with Crippen molar-refractivity contribution < 1.29 is 9.53 Å². The van der Waals surface area contributed by atoms with Crippen LogP contribution in [0.25, 0.3) is 0 Å². The standard InChI is InChI=1S/C13H15NO2/c1-16-12-5-6-13-10(7-12)3-2-4-11(13)8-14-9-15/h5-7,11H,2-4,8H2,1H3. The molecule has 0 saturated carbocycles. The Bertz CT molecular complexity index is 422. The number of ether oxygens (including phenoxy) is 1. The number of carbonyl (C=O) groups excluding carboxylic acids is 1. The molecule has 0 saturated heterocycles. The van der Waals surface area contributed by atoms with Crippen molar-refractivity contribution in [2.75, 3.05) is 13.7 Å². The van der Waals surface area contributed by atoms with E-state index >= 15 is 0 Å². The third kappa shape index (κ3) is 2.15. The first-order chi connectivity index (χ1) is 7.85. The Kier molecular flexibility index (Phi) is 3.37. The van der Waals surface area contributed by atoms with E-state index in [1.54, 1.807) is 13.2 Å². The van der Waals surface area contributed by atoms with Gasteiger partial charge in [-0.25, -0.2) is 9.79 Å². The van der Waals surface area contributed by atoms with E-state index in [1.165, 1.54) is 11.1 Å². The van der Waals surface area contributed by atoms with Crippen molar-refractivity contribution in [3.05, 3.63) is 29.3 Å². The molecule has 3 nitrogen and oxygen atoms in total. The molecule has 0 radical (unpaired) electrons. The lowest BCUT2D eigenvalue weighted by molar-refractivity contribution is 0.413. The van der Waals surface area contributed by atoms with Gasteiger partial charge in [0.25, 0.3) is 0 Å². The van der Waals surface area contributed by atoms with Crippen LogP contribution in [0.1, 0.15) is 29.9 Å². The molecule has 1 aromatic rings. The van der Waals surface area contributed by atoms with Crippen molar-refractivity contribution in [3.8, 4) is 5.75 Å². The zero-order chi connectivity index (χ0) is 11.4. The lowest BCUT2D eigenvalue weighted by Crippen LogP contribution is -2.12. The number of isocyanates is 1. The summed E-state index contributed by atoms with van der Waals surface area (Å²) in [4.78, 5) is 13.8. The molecule has 0 aliphatic heterocycles. The lowest BCUT2D eigenvalue weighted by Gasteiger charge is -2.24. The second kappa shape index (κ2) is 4.95. The topological polar surface area (TPSA) is 38.7 Å². The zero-order valence-electron chi connectivity index (χ0n) is 9.40. The fraction of sp³-hybridized carbons (Fsp3) is 0.462. The number of methoxy groups -OCH3 is 1. The quantitative estimate of drug-likeness (QED) is 0.576. The predicted molar refractivity (Wildman–Crippen MR) is 61.7 cm³/mol. The molecule has 1 atom stereocenters. The van der Waals surface area contributed by atoms with Gasteiger partial charge in [0, 0.05) is 5.92 Å². The van der Waals surface area contributed by atoms with Crippen LogP contribution in [0.5, 0.6) is 5.75 Å². The molecular weight excluding hydrogens is 202 g/mol.